The van der Waals surface area contributed by atoms with Crippen LogP contribution in [0.1, 0.15) is 56.6 Å². The van der Waals surface area contributed by atoms with Crippen LogP contribution in [0.25, 0.3) is 22.4 Å². The molecule has 3 aromatic rings. The number of pyridine rings is 1. The molecule has 1 N–H and O–H groups in total. The van der Waals surface area contributed by atoms with Crippen LogP contribution >= 0.6 is 0 Å². The zero-order valence-corrected chi connectivity index (χ0v) is 22.7. The summed E-state index contributed by atoms with van der Waals surface area (Å²) >= 11 is 0. The zero-order chi connectivity index (χ0) is 26.8. The smallest absolute Gasteiger partial charge is 0.311 e. The maximum atomic E-state index is 12.7. The van der Waals surface area contributed by atoms with Gasteiger partial charge in [0.15, 0.2) is 0 Å². The molecule has 0 unspecified atom stereocenters. The second-order valence-corrected chi connectivity index (χ2v) is 11.1. The molecule has 8 heteroatoms. The Hall–Kier alpha value is -2.97. The third-order valence-corrected chi connectivity index (χ3v) is 8.18. The van der Waals surface area contributed by atoms with Gasteiger partial charge in [0.2, 0.25) is 0 Å². The van der Waals surface area contributed by atoms with Crippen LogP contribution in [0.2, 0.25) is 0 Å². The Kier molecular flexibility index (Phi) is 8.00. The summed E-state index contributed by atoms with van der Waals surface area (Å²) < 4.78 is 15.1. The topological polar surface area (TPSA) is 95.6 Å². The van der Waals surface area contributed by atoms with E-state index in [9.17, 15) is 14.7 Å². The molecule has 5 rings (SSSR count). The lowest BCUT2D eigenvalue weighted by Gasteiger charge is -2.28. The Morgan fingerprint density at radius 1 is 1.21 bits per heavy atom. The normalized spacial score (nSPS) is 18.3. The number of carbonyl (C=O) groups excluding carboxylic acids is 1. The van der Waals surface area contributed by atoms with Crippen molar-refractivity contribution in [2.75, 3.05) is 13.2 Å². The number of fused-ring (bicyclic) bond motifs is 1. The number of aryl methyl sites for hydroxylation is 3. The number of ether oxygens (including phenoxy) is 2. The SMILES string of the molecule is Cc1cc(-c2nc3cc(CC[C@H](C(=O)OC4CCC4)[C@@H](C)O)ccc3n2CC2CCOCC2)cn(C)c1=O. The minimum Gasteiger partial charge on any atom is -0.462 e. The van der Waals surface area contributed by atoms with E-state index in [1.165, 1.54) is 0 Å². The predicted molar refractivity (Wildman–Crippen MR) is 146 cm³/mol. The number of benzene rings is 1. The van der Waals surface area contributed by atoms with Crippen LogP contribution in [0.5, 0.6) is 0 Å². The van der Waals surface area contributed by atoms with E-state index in [1.807, 2.05) is 19.2 Å². The highest BCUT2D eigenvalue weighted by Gasteiger charge is 2.30. The van der Waals surface area contributed by atoms with Crippen molar-refractivity contribution in [3.63, 3.8) is 0 Å². The summed E-state index contributed by atoms with van der Waals surface area (Å²) in [7, 11) is 1.77. The molecule has 8 nitrogen and oxygen atoms in total. The molecule has 38 heavy (non-hydrogen) atoms. The van der Waals surface area contributed by atoms with Crippen LogP contribution in [0.15, 0.2) is 35.3 Å². The zero-order valence-electron chi connectivity index (χ0n) is 22.7. The summed E-state index contributed by atoms with van der Waals surface area (Å²) in [5, 5.41) is 10.3. The first-order valence-electron chi connectivity index (χ1n) is 13.9. The lowest BCUT2D eigenvalue weighted by molar-refractivity contribution is -0.161. The number of aromatic nitrogens is 3. The lowest BCUT2D eigenvalue weighted by atomic mass is 9.93. The molecule has 2 aromatic heterocycles. The summed E-state index contributed by atoms with van der Waals surface area (Å²) in [6.07, 6.45) is 7.24. The lowest BCUT2D eigenvalue weighted by Crippen LogP contribution is -2.33. The van der Waals surface area contributed by atoms with Gasteiger partial charge in [0.25, 0.3) is 5.56 Å². The fraction of sp³-hybridized carbons (Fsp3) is 0.567. The average molecular weight is 522 g/mol. The number of esters is 1. The molecule has 2 atom stereocenters. The maximum absolute atomic E-state index is 12.7. The van der Waals surface area contributed by atoms with Crippen LogP contribution in [-0.2, 0) is 34.3 Å². The summed E-state index contributed by atoms with van der Waals surface area (Å²) in [6.45, 7) is 5.90. The standard InChI is InChI=1S/C30H39N3O5/c1-19-15-23(18-32(3)29(19)35)28-31-26-16-21(7-9-25(20(2)34)30(36)38-24-5-4-6-24)8-10-27(26)33(28)17-22-11-13-37-14-12-22/h8,10,15-16,18,20,22,24-25,34H,4-7,9,11-14,17H2,1-3H3/t20-,25+/m1/s1. The van der Waals surface area contributed by atoms with E-state index >= 15 is 0 Å². The Morgan fingerprint density at radius 2 is 1.97 bits per heavy atom. The van der Waals surface area contributed by atoms with Gasteiger partial charge in [-0.25, -0.2) is 4.98 Å². The molecular formula is C30H39N3O5. The molecule has 2 fully saturated rings. The van der Waals surface area contributed by atoms with Gasteiger partial charge in [-0.2, -0.15) is 0 Å². The molecule has 204 valence electrons. The Labute approximate surface area is 223 Å². The van der Waals surface area contributed by atoms with Crippen molar-refractivity contribution in [3.05, 3.63) is 51.9 Å². The molecule has 1 aliphatic carbocycles. The summed E-state index contributed by atoms with van der Waals surface area (Å²) in [5.74, 6) is 0.523. The molecule has 1 saturated carbocycles. The number of hydrogen-bond acceptors (Lipinski definition) is 6. The predicted octanol–water partition coefficient (Wildman–Crippen LogP) is 4.16. The van der Waals surface area contributed by atoms with Crippen LogP contribution < -0.4 is 5.56 Å². The number of nitrogens with zero attached hydrogens (tertiary/aromatic N) is 3. The van der Waals surface area contributed by atoms with Crippen molar-refractivity contribution in [2.45, 2.75) is 77.5 Å². The van der Waals surface area contributed by atoms with Crippen LogP contribution in [0, 0.1) is 18.8 Å². The molecule has 1 aromatic carbocycles. The van der Waals surface area contributed by atoms with E-state index in [4.69, 9.17) is 14.5 Å². The second kappa shape index (κ2) is 11.4. The molecule has 0 radical (unpaired) electrons. The first kappa shape index (κ1) is 26.6. The van der Waals surface area contributed by atoms with Crippen molar-refractivity contribution in [3.8, 4) is 11.4 Å². The maximum Gasteiger partial charge on any atom is 0.311 e. The van der Waals surface area contributed by atoms with Crippen molar-refractivity contribution in [1.29, 1.82) is 0 Å². The van der Waals surface area contributed by atoms with Crippen LogP contribution in [0.3, 0.4) is 0 Å². The summed E-state index contributed by atoms with van der Waals surface area (Å²) in [4.78, 5) is 30.1. The average Bonchev–Trinajstić information content (AvgIpc) is 3.22. The van der Waals surface area contributed by atoms with Crippen molar-refractivity contribution in [2.24, 2.45) is 18.9 Å². The van der Waals surface area contributed by atoms with Gasteiger partial charge >= 0.3 is 5.97 Å². The minimum atomic E-state index is -0.760. The van der Waals surface area contributed by atoms with Crippen LogP contribution in [0.4, 0.5) is 0 Å². The largest absolute Gasteiger partial charge is 0.462 e. The fourth-order valence-electron chi connectivity index (χ4n) is 5.54. The number of imidazole rings is 1. The highest BCUT2D eigenvalue weighted by Crippen LogP contribution is 2.30. The number of carbonyl (C=O) groups is 1. The Balaban J connectivity index is 1.43. The van der Waals surface area contributed by atoms with Gasteiger partial charge in [-0.05, 0) is 88.5 Å². The van der Waals surface area contributed by atoms with Gasteiger partial charge in [0.05, 0.1) is 23.1 Å². The van der Waals surface area contributed by atoms with E-state index < -0.39 is 12.0 Å². The first-order chi connectivity index (χ1) is 18.3. The quantitative estimate of drug-likeness (QED) is 0.425. The van der Waals surface area contributed by atoms with Gasteiger partial charge in [0, 0.05) is 44.1 Å². The number of rotatable bonds is 9. The molecule has 1 aliphatic heterocycles. The molecule has 2 aliphatic rings. The van der Waals surface area contributed by atoms with Crippen molar-refractivity contribution in [1.82, 2.24) is 14.1 Å². The number of aliphatic hydroxyl groups excluding tert-OH is 1. The van der Waals surface area contributed by atoms with Gasteiger partial charge in [0.1, 0.15) is 11.9 Å². The van der Waals surface area contributed by atoms with Gasteiger partial charge in [-0.3, -0.25) is 9.59 Å². The van der Waals surface area contributed by atoms with E-state index in [0.717, 1.165) is 79.8 Å². The third kappa shape index (κ3) is 5.71. The Morgan fingerprint density at radius 3 is 2.63 bits per heavy atom. The van der Waals surface area contributed by atoms with E-state index in [1.54, 1.807) is 18.5 Å². The van der Waals surface area contributed by atoms with Gasteiger partial charge in [-0.15, -0.1) is 0 Å². The molecular weight excluding hydrogens is 482 g/mol. The Bertz CT molecular complexity index is 1320. The van der Waals surface area contributed by atoms with Crippen molar-refractivity contribution < 1.29 is 19.4 Å². The monoisotopic (exact) mass is 521 g/mol. The van der Waals surface area contributed by atoms with Crippen LogP contribution in [-0.4, -0.2) is 50.6 Å². The summed E-state index contributed by atoms with van der Waals surface area (Å²) in [5.41, 5.74) is 4.61. The molecule has 0 spiro atoms. The van der Waals surface area contributed by atoms with Crippen molar-refractivity contribution >= 4 is 17.0 Å². The second-order valence-electron chi connectivity index (χ2n) is 11.1. The third-order valence-electron chi connectivity index (χ3n) is 8.18. The number of aliphatic hydroxyl groups is 1. The molecule has 0 bridgehead atoms. The molecule has 1 saturated heterocycles. The minimum absolute atomic E-state index is 0.00775. The highest BCUT2D eigenvalue weighted by atomic mass is 16.5. The highest BCUT2D eigenvalue weighted by molar-refractivity contribution is 5.81. The summed E-state index contributed by atoms with van der Waals surface area (Å²) in [6, 6.07) is 8.21. The first-order valence-corrected chi connectivity index (χ1v) is 13.9. The van der Waals surface area contributed by atoms with Gasteiger partial charge in [-0.1, -0.05) is 6.07 Å². The number of hydrogen-bond donors (Lipinski definition) is 1. The van der Waals surface area contributed by atoms with E-state index in [0.29, 0.717) is 24.3 Å². The molecule has 0 amide bonds. The molecule has 3 heterocycles. The fourth-order valence-corrected chi connectivity index (χ4v) is 5.54. The van der Waals surface area contributed by atoms with Gasteiger partial charge < -0.3 is 23.7 Å². The van der Waals surface area contributed by atoms with E-state index in [2.05, 4.69) is 22.8 Å². The van der Waals surface area contributed by atoms with E-state index in [-0.39, 0.29) is 17.6 Å².